The van der Waals surface area contributed by atoms with Gasteiger partial charge in [-0.3, -0.25) is 4.79 Å². The van der Waals surface area contributed by atoms with Crippen LogP contribution in [-0.4, -0.2) is 36.7 Å². The largest absolute Gasteiger partial charge is 0.493 e. The number of carboxylic acids is 1. The van der Waals surface area contributed by atoms with Gasteiger partial charge in [-0.25, -0.2) is 4.79 Å². The second-order valence-electron chi connectivity index (χ2n) is 4.56. The zero-order valence-corrected chi connectivity index (χ0v) is 11.2. The molecule has 0 aliphatic carbocycles. The molecule has 0 saturated carbocycles. The molecule has 20 heavy (non-hydrogen) atoms. The summed E-state index contributed by atoms with van der Waals surface area (Å²) in [5.41, 5.74) is 0.111. The predicted octanol–water partition coefficient (Wildman–Crippen LogP) is 1.44. The summed E-state index contributed by atoms with van der Waals surface area (Å²) in [6.45, 7) is 0.660. The van der Waals surface area contributed by atoms with E-state index in [0.717, 1.165) is 12.8 Å². The summed E-state index contributed by atoms with van der Waals surface area (Å²) >= 11 is 0. The van der Waals surface area contributed by atoms with Crippen molar-refractivity contribution >= 4 is 11.9 Å². The zero-order chi connectivity index (χ0) is 14.5. The average Bonchev–Trinajstić information content (AvgIpc) is 2.64. The third-order valence-corrected chi connectivity index (χ3v) is 3.16. The fraction of sp³-hybridized carbons (Fsp3) is 0.429. The van der Waals surface area contributed by atoms with Gasteiger partial charge in [-0.2, -0.15) is 0 Å². The Morgan fingerprint density at radius 2 is 2.15 bits per heavy atom. The fourth-order valence-corrected chi connectivity index (χ4v) is 2.07. The molecule has 1 fully saturated rings. The van der Waals surface area contributed by atoms with Crippen LogP contribution in [0.25, 0.3) is 0 Å². The molecule has 1 heterocycles. The highest BCUT2D eigenvalue weighted by atomic mass is 16.5. The highest BCUT2D eigenvalue weighted by Crippen LogP contribution is 2.30. The molecule has 0 bridgehead atoms. The van der Waals surface area contributed by atoms with E-state index in [1.807, 2.05) is 0 Å². The van der Waals surface area contributed by atoms with Crippen LogP contribution in [0.4, 0.5) is 0 Å². The lowest BCUT2D eigenvalue weighted by Gasteiger charge is -2.18. The van der Waals surface area contributed by atoms with Gasteiger partial charge in [0.1, 0.15) is 0 Å². The van der Waals surface area contributed by atoms with E-state index in [2.05, 4.69) is 5.32 Å². The van der Waals surface area contributed by atoms with Crippen molar-refractivity contribution in [3.63, 3.8) is 0 Å². The van der Waals surface area contributed by atoms with Crippen molar-refractivity contribution in [2.75, 3.05) is 13.7 Å². The van der Waals surface area contributed by atoms with Crippen LogP contribution < -0.4 is 14.8 Å². The van der Waals surface area contributed by atoms with E-state index in [9.17, 15) is 9.59 Å². The molecule has 1 saturated heterocycles. The summed E-state index contributed by atoms with van der Waals surface area (Å²) in [6, 6.07) is 4.32. The van der Waals surface area contributed by atoms with Crippen LogP contribution in [0.15, 0.2) is 18.2 Å². The summed E-state index contributed by atoms with van der Waals surface area (Å²) < 4.78 is 10.8. The van der Waals surface area contributed by atoms with E-state index in [4.69, 9.17) is 14.6 Å². The number of carbonyl (C=O) groups excluding carboxylic acids is 1. The lowest BCUT2D eigenvalue weighted by atomic mass is 10.1. The first-order valence-corrected chi connectivity index (χ1v) is 6.47. The van der Waals surface area contributed by atoms with Crippen molar-refractivity contribution in [1.82, 2.24) is 5.32 Å². The first-order chi connectivity index (χ1) is 9.61. The van der Waals surface area contributed by atoms with Crippen molar-refractivity contribution in [2.24, 2.45) is 0 Å². The van der Waals surface area contributed by atoms with Crippen molar-refractivity contribution in [1.29, 1.82) is 0 Å². The topological polar surface area (TPSA) is 84.9 Å². The van der Waals surface area contributed by atoms with Gasteiger partial charge in [0.2, 0.25) is 0 Å². The number of methoxy groups -OCH3 is 1. The predicted molar refractivity (Wildman–Crippen MR) is 71.2 cm³/mol. The van der Waals surface area contributed by atoms with Gasteiger partial charge in [0.25, 0.3) is 5.91 Å². The Morgan fingerprint density at radius 1 is 1.35 bits per heavy atom. The van der Waals surface area contributed by atoms with Gasteiger partial charge in [-0.05, 0) is 37.5 Å². The Hall–Kier alpha value is -2.24. The summed E-state index contributed by atoms with van der Waals surface area (Å²) in [6.07, 6.45) is 1.90. The molecule has 0 aromatic heterocycles. The maximum absolute atomic E-state index is 11.8. The zero-order valence-electron chi connectivity index (χ0n) is 11.2. The van der Waals surface area contributed by atoms with Gasteiger partial charge in [-0.1, -0.05) is 0 Å². The molecule has 2 N–H and O–H groups in total. The van der Waals surface area contributed by atoms with Gasteiger partial charge in [-0.15, -0.1) is 0 Å². The van der Waals surface area contributed by atoms with Crippen molar-refractivity contribution in [2.45, 2.75) is 25.4 Å². The number of carbonyl (C=O) groups is 2. The standard InChI is InChI=1S/C14H17NO5/c1-19-12-8-9(14(17)18)5-6-10(12)20-11-4-2-3-7-15-13(11)16/h5-6,8,11H,2-4,7H2,1H3,(H,15,16)(H,17,18). The van der Waals surface area contributed by atoms with Gasteiger partial charge in [0.15, 0.2) is 17.6 Å². The smallest absolute Gasteiger partial charge is 0.335 e. The van der Waals surface area contributed by atoms with Crippen molar-refractivity contribution in [3.05, 3.63) is 23.8 Å². The van der Waals surface area contributed by atoms with Crippen LogP contribution in [0.2, 0.25) is 0 Å². The monoisotopic (exact) mass is 279 g/mol. The highest BCUT2D eigenvalue weighted by molar-refractivity contribution is 5.88. The normalized spacial score (nSPS) is 18.9. The minimum Gasteiger partial charge on any atom is -0.493 e. The summed E-state index contributed by atoms with van der Waals surface area (Å²) in [4.78, 5) is 22.7. The number of aromatic carboxylic acids is 1. The molecule has 0 radical (unpaired) electrons. The fourth-order valence-electron chi connectivity index (χ4n) is 2.07. The minimum absolute atomic E-state index is 0.111. The number of carboxylic acid groups (broad SMARTS) is 1. The first kappa shape index (κ1) is 14.2. The van der Waals surface area contributed by atoms with Gasteiger partial charge >= 0.3 is 5.97 Å². The molecule has 1 unspecified atom stereocenters. The summed E-state index contributed by atoms with van der Waals surface area (Å²) in [5, 5.41) is 11.7. The SMILES string of the molecule is COc1cc(C(=O)O)ccc1OC1CCCCNC1=O. The molecule has 1 aliphatic rings. The molecule has 6 nitrogen and oxygen atoms in total. The Kier molecular flexibility index (Phi) is 4.45. The highest BCUT2D eigenvalue weighted by Gasteiger charge is 2.23. The number of hydrogen-bond donors (Lipinski definition) is 2. The molecule has 6 heteroatoms. The van der Waals surface area contributed by atoms with Crippen LogP contribution in [0, 0.1) is 0 Å². The Balaban J connectivity index is 2.19. The second kappa shape index (κ2) is 6.27. The molecular weight excluding hydrogens is 262 g/mol. The quantitative estimate of drug-likeness (QED) is 0.871. The molecule has 0 spiro atoms. The number of rotatable bonds is 4. The Bertz CT molecular complexity index is 514. The van der Waals surface area contributed by atoms with Crippen LogP contribution in [0.1, 0.15) is 29.6 Å². The number of ether oxygens (including phenoxy) is 2. The maximum atomic E-state index is 11.8. The molecule has 1 aromatic rings. The van der Waals surface area contributed by atoms with E-state index in [1.54, 1.807) is 0 Å². The second-order valence-corrected chi connectivity index (χ2v) is 4.56. The third-order valence-electron chi connectivity index (χ3n) is 3.16. The Morgan fingerprint density at radius 3 is 2.85 bits per heavy atom. The first-order valence-electron chi connectivity index (χ1n) is 6.47. The van der Waals surface area contributed by atoms with Crippen molar-refractivity contribution < 1.29 is 24.2 Å². The number of benzene rings is 1. The van der Waals surface area contributed by atoms with Crippen LogP contribution in [-0.2, 0) is 4.79 Å². The molecule has 1 aliphatic heterocycles. The van der Waals surface area contributed by atoms with Crippen molar-refractivity contribution in [3.8, 4) is 11.5 Å². The molecule has 108 valence electrons. The van der Waals surface area contributed by atoms with Crippen LogP contribution >= 0.6 is 0 Å². The summed E-state index contributed by atoms with van der Waals surface area (Å²) in [7, 11) is 1.43. The third kappa shape index (κ3) is 3.20. The van der Waals surface area contributed by atoms with E-state index in [0.29, 0.717) is 24.5 Å². The molecule has 2 rings (SSSR count). The van der Waals surface area contributed by atoms with Gasteiger partial charge < -0.3 is 19.9 Å². The van der Waals surface area contributed by atoms with Gasteiger partial charge in [0, 0.05) is 6.54 Å². The Labute approximate surface area is 116 Å². The number of nitrogens with one attached hydrogen (secondary N) is 1. The lowest BCUT2D eigenvalue weighted by Crippen LogP contribution is -2.36. The maximum Gasteiger partial charge on any atom is 0.335 e. The lowest BCUT2D eigenvalue weighted by molar-refractivity contribution is -0.127. The molecule has 1 amide bonds. The minimum atomic E-state index is -1.04. The molecular formula is C14H17NO5. The van der Waals surface area contributed by atoms with Crippen LogP contribution in [0.5, 0.6) is 11.5 Å². The van der Waals surface area contributed by atoms with E-state index in [1.165, 1.54) is 25.3 Å². The number of hydrogen-bond acceptors (Lipinski definition) is 4. The number of amides is 1. The van der Waals surface area contributed by atoms with Gasteiger partial charge in [0.05, 0.1) is 12.7 Å². The average molecular weight is 279 g/mol. The summed E-state index contributed by atoms with van der Waals surface area (Å²) in [5.74, 6) is -0.504. The van der Waals surface area contributed by atoms with E-state index in [-0.39, 0.29) is 11.5 Å². The molecule has 1 atom stereocenters. The van der Waals surface area contributed by atoms with E-state index >= 15 is 0 Å². The molecule has 1 aromatic carbocycles. The van der Waals surface area contributed by atoms with E-state index < -0.39 is 12.1 Å². The van der Waals surface area contributed by atoms with Crippen LogP contribution in [0.3, 0.4) is 0 Å².